The minimum absolute atomic E-state index is 0.491. The molecule has 0 radical (unpaired) electrons. The lowest BCUT2D eigenvalue weighted by Gasteiger charge is -2.14. The lowest BCUT2D eigenvalue weighted by Crippen LogP contribution is -2.02. The van der Waals surface area contributed by atoms with E-state index >= 15 is 0 Å². The summed E-state index contributed by atoms with van der Waals surface area (Å²) < 4.78 is 1.03. The van der Waals surface area contributed by atoms with Crippen molar-refractivity contribution in [3.8, 4) is 0 Å². The lowest BCUT2D eigenvalue weighted by molar-refractivity contribution is 0.203. The predicted molar refractivity (Wildman–Crippen MR) is 86.0 cm³/mol. The normalized spacial score (nSPS) is 12.4. The average Bonchev–Trinajstić information content (AvgIpc) is 2.37. The number of halogens is 2. The Morgan fingerprint density at radius 3 is 2.68 bits per heavy atom. The van der Waals surface area contributed by atoms with Crippen LogP contribution in [-0.2, 0) is 0 Å². The second-order valence-electron chi connectivity index (χ2n) is 4.26. The van der Waals surface area contributed by atoms with Crippen molar-refractivity contribution in [3.63, 3.8) is 0 Å². The number of benzene rings is 2. The molecular formula is C15H14BrClOS. The van der Waals surface area contributed by atoms with E-state index < -0.39 is 6.10 Å². The first-order chi connectivity index (χ1) is 9.08. The molecule has 2 aromatic carbocycles. The molecule has 1 atom stereocenters. The standard InChI is InChI=1S/C15H14BrClOS/c1-10-8-11(16)6-7-12(10)14(18)9-19-15-5-3-2-4-13(15)17/h2-8,14,18H,9H2,1H3. The first-order valence-corrected chi connectivity index (χ1v) is 8.05. The molecule has 0 spiro atoms. The molecule has 0 saturated carbocycles. The topological polar surface area (TPSA) is 20.2 Å². The van der Waals surface area contributed by atoms with E-state index in [1.54, 1.807) is 11.8 Å². The molecule has 0 heterocycles. The number of thioether (sulfide) groups is 1. The van der Waals surface area contributed by atoms with Crippen LogP contribution in [0.2, 0.25) is 5.02 Å². The van der Waals surface area contributed by atoms with E-state index in [-0.39, 0.29) is 0 Å². The molecule has 0 aliphatic carbocycles. The van der Waals surface area contributed by atoms with E-state index in [4.69, 9.17) is 11.6 Å². The quantitative estimate of drug-likeness (QED) is 0.755. The number of aliphatic hydroxyl groups is 1. The molecule has 19 heavy (non-hydrogen) atoms. The van der Waals surface area contributed by atoms with Gasteiger partial charge in [-0.25, -0.2) is 0 Å². The van der Waals surface area contributed by atoms with Crippen molar-refractivity contribution >= 4 is 39.3 Å². The first kappa shape index (κ1) is 14.9. The monoisotopic (exact) mass is 356 g/mol. The van der Waals surface area contributed by atoms with Crippen molar-refractivity contribution in [1.29, 1.82) is 0 Å². The van der Waals surface area contributed by atoms with Crippen molar-refractivity contribution in [1.82, 2.24) is 0 Å². The van der Waals surface area contributed by atoms with Gasteiger partial charge in [0, 0.05) is 15.1 Å². The molecule has 100 valence electrons. The number of aliphatic hydroxyl groups excluding tert-OH is 1. The van der Waals surface area contributed by atoms with Crippen LogP contribution in [0, 0.1) is 6.92 Å². The maximum Gasteiger partial charge on any atom is 0.0886 e. The molecule has 1 unspecified atom stereocenters. The summed E-state index contributed by atoms with van der Waals surface area (Å²) in [7, 11) is 0. The third-order valence-electron chi connectivity index (χ3n) is 2.82. The van der Waals surface area contributed by atoms with Crippen LogP contribution in [0.1, 0.15) is 17.2 Å². The van der Waals surface area contributed by atoms with E-state index in [1.807, 2.05) is 49.4 Å². The molecule has 1 N–H and O–H groups in total. The summed E-state index contributed by atoms with van der Waals surface area (Å²) in [4.78, 5) is 0.998. The van der Waals surface area contributed by atoms with E-state index in [9.17, 15) is 5.11 Å². The zero-order valence-electron chi connectivity index (χ0n) is 10.4. The molecule has 2 aromatic rings. The second-order valence-corrected chi connectivity index (χ2v) is 6.64. The Balaban J connectivity index is 2.05. The van der Waals surface area contributed by atoms with Crippen LogP contribution in [0.4, 0.5) is 0 Å². The molecule has 0 aliphatic rings. The van der Waals surface area contributed by atoms with Gasteiger partial charge in [-0.3, -0.25) is 0 Å². The SMILES string of the molecule is Cc1cc(Br)ccc1C(O)CSc1ccccc1Cl. The van der Waals surface area contributed by atoms with Gasteiger partial charge in [0.05, 0.1) is 11.1 Å². The van der Waals surface area contributed by atoms with Gasteiger partial charge in [0.1, 0.15) is 0 Å². The van der Waals surface area contributed by atoms with Crippen LogP contribution in [0.25, 0.3) is 0 Å². The van der Waals surface area contributed by atoms with Crippen LogP contribution in [-0.4, -0.2) is 10.9 Å². The molecule has 1 nitrogen and oxygen atoms in total. The van der Waals surface area contributed by atoms with Gasteiger partial charge < -0.3 is 5.11 Å². The molecule has 0 fully saturated rings. The highest BCUT2D eigenvalue weighted by Gasteiger charge is 2.12. The maximum atomic E-state index is 10.3. The summed E-state index contributed by atoms with van der Waals surface area (Å²) >= 11 is 11.1. The smallest absolute Gasteiger partial charge is 0.0886 e. The van der Waals surface area contributed by atoms with Gasteiger partial charge in [0.15, 0.2) is 0 Å². The third kappa shape index (κ3) is 3.99. The predicted octanol–water partition coefficient (Wildman–Crippen LogP) is 5.24. The Kier molecular flexibility index (Phi) is 5.34. The maximum absolute atomic E-state index is 10.3. The van der Waals surface area contributed by atoms with Crippen molar-refractivity contribution < 1.29 is 5.11 Å². The Hall–Kier alpha value is -0.480. The largest absolute Gasteiger partial charge is 0.388 e. The molecule has 2 rings (SSSR count). The second kappa shape index (κ2) is 6.80. The fourth-order valence-corrected chi connectivity index (χ4v) is 3.51. The molecular weight excluding hydrogens is 344 g/mol. The van der Waals surface area contributed by atoms with Crippen molar-refractivity contribution in [2.24, 2.45) is 0 Å². The van der Waals surface area contributed by atoms with Crippen LogP contribution in [0.15, 0.2) is 51.8 Å². The minimum atomic E-state index is -0.491. The fraction of sp³-hybridized carbons (Fsp3) is 0.200. The summed E-state index contributed by atoms with van der Waals surface area (Å²) in [6, 6.07) is 13.6. The van der Waals surface area contributed by atoms with Gasteiger partial charge >= 0.3 is 0 Å². The Bertz CT molecular complexity index is 574. The number of aryl methyl sites for hydroxylation is 1. The lowest BCUT2D eigenvalue weighted by atomic mass is 10.1. The molecule has 4 heteroatoms. The first-order valence-electron chi connectivity index (χ1n) is 5.89. The van der Waals surface area contributed by atoms with Crippen molar-refractivity contribution in [3.05, 3.63) is 63.1 Å². The summed E-state index contributed by atoms with van der Waals surface area (Å²) in [5.41, 5.74) is 2.05. The number of hydrogen-bond acceptors (Lipinski definition) is 2. The van der Waals surface area contributed by atoms with Gasteiger partial charge in [-0.15, -0.1) is 11.8 Å². The third-order valence-corrected chi connectivity index (χ3v) is 4.91. The zero-order chi connectivity index (χ0) is 13.8. The number of hydrogen-bond donors (Lipinski definition) is 1. The van der Waals surface area contributed by atoms with E-state index in [0.717, 1.165) is 25.5 Å². The van der Waals surface area contributed by atoms with E-state index in [0.29, 0.717) is 5.75 Å². The summed E-state index contributed by atoms with van der Waals surface area (Å²) in [5.74, 6) is 0.589. The summed E-state index contributed by atoms with van der Waals surface area (Å²) in [5, 5.41) is 11.0. The minimum Gasteiger partial charge on any atom is -0.388 e. The van der Waals surface area contributed by atoms with Crippen LogP contribution in [0.3, 0.4) is 0 Å². The van der Waals surface area contributed by atoms with Gasteiger partial charge in [-0.1, -0.05) is 45.7 Å². The average molecular weight is 358 g/mol. The van der Waals surface area contributed by atoms with Crippen LogP contribution >= 0.6 is 39.3 Å². The van der Waals surface area contributed by atoms with Gasteiger partial charge in [-0.2, -0.15) is 0 Å². The molecule has 0 bridgehead atoms. The summed E-state index contributed by atoms with van der Waals surface area (Å²) in [6.45, 7) is 2.00. The molecule has 0 amide bonds. The van der Waals surface area contributed by atoms with E-state index in [1.165, 1.54) is 0 Å². The van der Waals surface area contributed by atoms with Crippen LogP contribution in [0.5, 0.6) is 0 Å². The van der Waals surface area contributed by atoms with Gasteiger partial charge in [-0.05, 0) is 42.3 Å². The Labute approximate surface area is 131 Å². The van der Waals surface area contributed by atoms with Crippen molar-refractivity contribution in [2.45, 2.75) is 17.9 Å². The Morgan fingerprint density at radius 1 is 1.26 bits per heavy atom. The highest BCUT2D eigenvalue weighted by Crippen LogP contribution is 2.31. The fourth-order valence-electron chi connectivity index (χ4n) is 1.83. The van der Waals surface area contributed by atoms with Crippen LogP contribution < -0.4 is 0 Å². The molecule has 0 saturated heterocycles. The molecule has 0 aliphatic heterocycles. The highest BCUT2D eigenvalue weighted by atomic mass is 79.9. The van der Waals surface area contributed by atoms with Gasteiger partial charge in [0.2, 0.25) is 0 Å². The Morgan fingerprint density at radius 2 is 2.00 bits per heavy atom. The zero-order valence-corrected chi connectivity index (χ0v) is 13.6. The highest BCUT2D eigenvalue weighted by molar-refractivity contribution is 9.10. The summed E-state index contributed by atoms with van der Waals surface area (Å²) in [6.07, 6.45) is -0.491. The number of rotatable bonds is 4. The van der Waals surface area contributed by atoms with Crippen molar-refractivity contribution in [2.75, 3.05) is 5.75 Å². The van der Waals surface area contributed by atoms with Gasteiger partial charge in [0.25, 0.3) is 0 Å². The molecule has 0 aromatic heterocycles. The van der Waals surface area contributed by atoms with E-state index in [2.05, 4.69) is 15.9 Å².